The second kappa shape index (κ2) is 3.07. The summed E-state index contributed by atoms with van der Waals surface area (Å²) in [5.74, 6) is 0.372. The predicted octanol–water partition coefficient (Wildman–Crippen LogP) is 2.38. The lowest BCUT2D eigenvalue weighted by Gasteiger charge is -2.90. The largest absolute Gasteiger partial charge is 0.475 e. The fourth-order valence-corrected chi connectivity index (χ4v) is 5.79. The molecular weight excluding hydrogens is 237 g/mol. The van der Waals surface area contributed by atoms with E-state index in [9.17, 15) is 0 Å². The molecule has 1 heterocycles. The third-order valence-corrected chi connectivity index (χ3v) is 7.69. The Bertz CT molecular complexity index is 443. The van der Waals surface area contributed by atoms with Crippen molar-refractivity contribution in [2.45, 2.75) is 71.5 Å². The molecule has 0 aromatic rings. The molecule has 0 aromatic carbocycles. The molecule has 3 atom stereocenters. The van der Waals surface area contributed by atoms with E-state index in [-0.39, 0.29) is 24.8 Å². The zero-order chi connectivity index (χ0) is 13.8. The highest BCUT2D eigenvalue weighted by Crippen LogP contribution is 2.92. The van der Waals surface area contributed by atoms with E-state index in [0.717, 1.165) is 0 Å². The van der Waals surface area contributed by atoms with Gasteiger partial charge in [0.1, 0.15) is 0 Å². The molecule has 19 heavy (non-hydrogen) atoms. The van der Waals surface area contributed by atoms with Crippen LogP contribution in [0.25, 0.3) is 0 Å². The first-order valence-corrected chi connectivity index (χ1v) is 7.78. The molecule has 7 aliphatic rings. The van der Waals surface area contributed by atoms with Crippen LogP contribution in [0.15, 0.2) is 0 Å². The number of nitrogens with two attached hydrogens (primary N) is 1. The highest BCUT2D eigenvalue weighted by atomic mass is 16.7. The van der Waals surface area contributed by atoms with Gasteiger partial charge in [0.15, 0.2) is 0 Å². The van der Waals surface area contributed by atoms with Crippen LogP contribution in [-0.4, -0.2) is 24.8 Å². The van der Waals surface area contributed by atoms with Gasteiger partial charge >= 0.3 is 7.12 Å². The van der Waals surface area contributed by atoms with Gasteiger partial charge in [-0.05, 0) is 42.9 Å². The van der Waals surface area contributed by atoms with Crippen molar-refractivity contribution in [3.63, 3.8) is 0 Å². The quantitative estimate of drug-likeness (QED) is 0.778. The minimum atomic E-state index is -0.211. The Balaban J connectivity index is 1.66. The fourth-order valence-electron chi connectivity index (χ4n) is 5.79. The highest BCUT2D eigenvalue weighted by Gasteiger charge is 2.90. The van der Waals surface area contributed by atoms with Crippen LogP contribution in [0.4, 0.5) is 0 Å². The molecule has 0 aromatic heterocycles. The first kappa shape index (κ1) is 12.7. The molecule has 106 valence electrons. The minimum Gasteiger partial charge on any atom is -0.404 e. The monoisotopic (exact) mass is 263 g/mol. The minimum absolute atomic E-state index is 0.0196. The molecule has 1 saturated heterocycles. The van der Waals surface area contributed by atoms with E-state index in [0.29, 0.717) is 22.2 Å². The molecule has 2 bridgehead atoms. The summed E-state index contributed by atoms with van der Waals surface area (Å²) in [6.07, 6.45) is 4.11. The van der Waals surface area contributed by atoms with Gasteiger partial charge in [-0.3, -0.25) is 0 Å². The zero-order valence-corrected chi connectivity index (χ0v) is 12.8. The van der Waals surface area contributed by atoms with Crippen molar-refractivity contribution in [2.75, 3.05) is 0 Å². The molecule has 2 N–H and O–H groups in total. The molecule has 0 radical (unpaired) electrons. The predicted molar refractivity (Wildman–Crippen MR) is 75.4 cm³/mol. The van der Waals surface area contributed by atoms with Crippen LogP contribution < -0.4 is 5.73 Å². The Morgan fingerprint density at radius 3 is 2.37 bits per heavy atom. The fraction of sp³-hybridized carbons (Fsp3) is 1.00. The Labute approximate surface area is 116 Å². The van der Waals surface area contributed by atoms with Crippen molar-refractivity contribution in [3.05, 3.63) is 0 Å². The van der Waals surface area contributed by atoms with Crippen LogP contribution in [0.5, 0.6) is 0 Å². The Morgan fingerprint density at radius 1 is 1.21 bits per heavy atom. The standard InChI is InChI=1S/C15H26BNO2/c1-9(2)11(17)16-18-10-6-14-7-15(8-14,12(14,3)4)13(10,5)19-16/h9-11H,6-8,17H2,1-5H3/t10-,11+,13-,14?,15?/m1/s1. The first-order chi connectivity index (χ1) is 8.69. The summed E-state index contributed by atoms with van der Waals surface area (Å²) in [6.45, 7) is 11.4. The van der Waals surface area contributed by atoms with Crippen LogP contribution >= 0.6 is 0 Å². The van der Waals surface area contributed by atoms with E-state index in [1.54, 1.807) is 0 Å². The van der Waals surface area contributed by atoms with Crippen LogP contribution in [0, 0.1) is 22.2 Å². The van der Waals surface area contributed by atoms with Crippen molar-refractivity contribution >= 4 is 7.12 Å². The maximum Gasteiger partial charge on any atom is 0.475 e. The van der Waals surface area contributed by atoms with Crippen LogP contribution in [0.1, 0.15) is 53.9 Å². The van der Waals surface area contributed by atoms with Gasteiger partial charge in [-0.1, -0.05) is 27.7 Å². The van der Waals surface area contributed by atoms with Gasteiger partial charge in [-0.15, -0.1) is 0 Å². The maximum atomic E-state index is 6.45. The molecular formula is C15H26BNO2. The molecule has 0 amide bonds. The van der Waals surface area contributed by atoms with Crippen LogP contribution in [0.2, 0.25) is 0 Å². The SMILES string of the molecule is CC(C)[C@H](N)B1O[C@@H]2CC34CC(C3)(C4(C)C)[C@]2(C)O1. The van der Waals surface area contributed by atoms with Gasteiger partial charge in [-0.25, -0.2) is 0 Å². The Morgan fingerprint density at radius 2 is 1.84 bits per heavy atom. The molecule has 7 fully saturated rings. The second-order valence-corrected chi connectivity index (χ2v) is 8.58. The topological polar surface area (TPSA) is 44.5 Å². The van der Waals surface area contributed by atoms with Crippen molar-refractivity contribution < 1.29 is 9.31 Å². The summed E-state index contributed by atoms with van der Waals surface area (Å²) in [4.78, 5) is 0. The number of hydrogen-bond donors (Lipinski definition) is 1. The summed E-state index contributed by atoms with van der Waals surface area (Å²) < 4.78 is 12.7. The second-order valence-electron chi connectivity index (χ2n) is 8.58. The number of rotatable bonds is 2. The van der Waals surface area contributed by atoms with Crippen LogP contribution in [-0.2, 0) is 9.31 Å². The molecule has 0 spiro atoms. The summed E-state index contributed by atoms with van der Waals surface area (Å²) in [5, 5.41) is 0. The molecule has 6 aliphatic carbocycles. The van der Waals surface area contributed by atoms with Crippen molar-refractivity contribution in [2.24, 2.45) is 27.9 Å². The van der Waals surface area contributed by atoms with Gasteiger partial charge in [0.2, 0.25) is 0 Å². The third-order valence-electron chi connectivity index (χ3n) is 7.69. The zero-order valence-electron chi connectivity index (χ0n) is 12.8. The lowest BCUT2D eigenvalue weighted by molar-refractivity contribution is -0.434. The summed E-state index contributed by atoms with van der Waals surface area (Å²) in [7, 11) is -0.211. The van der Waals surface area contributed by atoms with Gasteiger partial charge in [0.05, 0.1) is 11.7 Å². The normalized spacial score (nSPS) is 54.5. The number of hydrogen-bond acceptors (Lipinski definition) is 3. The van der Waals surface area contributed by atoms with E-state index in [2.05, 4.69) is 34.6 Å². The molecule has 6 saturated carbocycles. The Hall–Kier alpha value is -0.0551. The smallest absolute Gasteiger partial charge is 0.404 e. The lowest BCUT2D eigenvalue weighted by atomic mass is 9.15. The Kier molecular flexibility index (Phi) is 2.05. The maximum absolute atomic E-state index is 6.45. The van der Waals surface area contributed by atoms with Crippen LogP contribution in [0.3, 0.4) is 0 Å². The summed E-state index contributed by atoms with van der Waals surface area (Å²) in [5.41, 5.74) is 7.45. The molecule has 1 aliphatic heterocycles. The van der Waals surface area contributed by atoms with E-state index < -0.39 is 0 Å². The van der Waals surface area contributed by atoms with Gasteiger partial charge in [0, 0.05) is 11.4 Å². The summed E-state index contributed by atoms with van der Waals surface area (Å²) in [6, 6.07) is 0. The molecule has 4 heteroatoms. The first-order valence-electron chi connectivity index (χ1n) is 7.78. The van der Waals surface area contributed by atoms with Crippen molar-refractivity contribution in [3.8, 4) is 0 Å². The van der Waals surface area contributed by atoms with Gasteiger partial charge in [0.25, 0.3) is 0 Å². The van der Waals surface area contributed by atoms with Gasteiger partial charge < -0.3 is 15.0 Å². The average Bonchev–Trinajstić information content (AvgIpc) is 2.63. The van der Waals surface area contributed by atoms with Crippen molar-refractivity contribution in [1.82, 2.24) is 0 Å². The van der Waals surface area contributed by atoms with E-state index in [1.807, 2.05) is 0 Å². The van der Waals surface area contributed by atoms with E-state index in [1.165, 1.54) is 19.3 Å². The molecule has 3 nitrogen and oxygen atoms in total. The average molecular weight is 263 g/mol. The van der Waals surface area contributed by atoms with Crippen molar-refractivity contribution in [1.29, 1.82) is 0 Å². The van der Waals surface area contributed by atoms with Gasteiger partial charge in [-0.2, -0.15) is 0 Å². The molecule has 7 rings (SSSR count). The summed E-state index contributed by atoms with van der Waals surface area (Å²) >= 11 is 0. The third kappa shape index (κ3) is 1.02. The highest BCUT2D eigenvalue weighted by molar-refractivity contribution is 6.47. The lowest BCUT2D eigenvalue weighted by Crippen LogP contribution is -2.88. The van der Waals surface area contributed by atoms with E-state index in [4.69, 9.17) is 15.0 Å². The van der Waals surface area contributed by atoms with E-state index >= 15 is 0 Å². The molecule has 0 unspecified atom stereocenters.